The number of hydrogen-bond acceptors (Lipinski definition) is 7. The van der Waals surface area contributed by atoms with E-state index in [0.29, 0.717) is 19.5 Å². The lowest BCUT2D eigenvalue weighted by Gasteiger charge is -2.55. The number of aromatic nitrogens is 1. The van der Waals surface area contributed by atoms with Gasteiger partial charge in [-0.3, -0.25) is 9.59 Å². The van der Waals surface area contributed by atoms with E-state index in [0.717, 1.165) is 26.9 Å². The zero-order chi connectivity index (χ0) is 29.0. The van der Waals surface area contributed by atoms with Crippen LogP contribution in [0.2, 0.25) is 0 Å². The number of phenols is 1. The Bertz CT molecular complexity index is 1680. The minimum Gasteiger partial charge on any atom is -0.508 e. The Morgan fingerprint density at radius 2 is 1.81 bits per heavy atom. The first-order valence-corrected chi connectivity index (χ1v) is 14.8. The summed E-state index contributed by atoms with van der Waals surface area (Å²) in [5.74, 6) is -0.201. The molecule has 214 valence electrons. The van der Waals surface area contributed by atoms with E-state index in [1.807, 2.05) is 47.4 Å². The zero-order valence-electron chi connectivity index (χ0n) is 23.0. The number of likely N-dealkylation sites (N-methyl/N-ethyl adjacent to an activating group) is 1. The number of hydrogen-bond donors (Lipinski definition) is 2. The standard InChI is InChI=1S/C31H30N6O4S/c1-34-18-28(39)36-25(13-20-7-10-23(38)11-8-20)29(40)35(17-22-9-12-24-26(14-22)42-19-33-24)27-15-31(27,36)37(34)30(41)32-16-21-5-3-2-4-6-21/h2-12,14,19,25,27,38H,13,15-18H2,1H3,(H,32,41)/t25-,27?,31+/m0/s1. The number of benzene rings is 3. The van der Waals surface area contributed by atoms with Crippen LogP contribution in [0.25, 0.3) is 10.2 Å². The average molecular weight is 583 g/mol. The van der Waals surface area contributed by atoms with Gasteiger partial charge in [0.1, 0.15) is 11.8 Å². The predicted molar refractivity (Wildman–Crippen MR) is 157 cm³/mol. The summed E-state index contributed by atoms with van der Waals surface area (Å²) < 4.78 is 1.04. The summed E-state index contributed by atoms with van der Waals surface area (Å²) in [6.07, 6.45) is 0.731. The zero-order valence-corrected chi connectivity index (χ0v) is 23.8. The van der Waals surface area contributed by atoms with Gasteiger partial charge in [0.2, 0.25) is 11.8 Å². The molecule has 3 aromatic carbocycles. The highest BCUT2D eigenvalue weighted by Crippen LogP contribution is 2.55. The summed E-state index contributed by atoms with van der Waals surface area (Å²) in [7, 11) is 1.74. The number of phenolic OH excluding ortho intramolecular Hbond substituents is 1. The molecule has 11 heteroatoms. The average Bonchev–Trinajstić information content (AvgIpc) is 3.51. The van der Waals surface area contributed by atoms with Gasteiger partial charge in [-0.05, 0) is 41.0 Å². The second-order valence-electron chi connectivity index (χ2n) is 11.1. The molecule has 42 heavy (non-hydrogen) atoms. The van der Waals surface area contributed by atoms with Crippen LogP contribution >= 0.6 is 11.3 Å². The molecule has 1 spiro atoms. The highest BCUT2D eigenvalue weighted by Gasteiger charge is 2.75. The normalized spacial score (nSPS) is 23.6. The van der Waals surface area contributed by atoms with E-state index in [1.165, 1.54) is 0 Å². The molecule has 4 amide bonds. The lowest BCUT2D eigenvalue weighted by molar-refractivity contribution is -0.192. The Morgan fingerprint density at radius 3 is 2.60 bits per heavy atom. The molecule has 7 rings (SSSR count). The van der Waals surface area contributed by atoms with Crippen LogP contribution in [-0.2, 0) is 29.1 Å². The third kappa shape index (κ3) is 4.36. The summed E-state index contributed by atoms with van der Waals surface area (Å²) >= 11 is 1.55. The van der Waals surface area contributed by atoms with Gasteiger partial charge in [0, 0.05) is 33.0 Å². The van der Waals surface area contributed by atoms with Crippen LogP contribution in [0.1, 0.15) is 23.1 Å². The molecule has 0 bridgehead atoms. The quantitative estimate of drug-likeness (QED) is 0.361. The summed E-state index contributed by atoms with van der Waals surface area (Å²) in [6.45, 7) is 0.679. The molecule has 3 atom stereocenters. The van der Waals surface area contributed by atoms with Crippen molar-refractivity contribution in [1.82, 2.24) is 30.1 Å². The second kappa shape index (κ2) is 10.1. The van der Waals surface area contributed by atoms with Crippen molar-refractivity contribution >= 4 is 39.4 Å². The van der Waals surface area contributed by atoms with Crippen molar-refractivity contribution < 1.29 is 19.5 Å². The molecule has 3 heterocycles. The van der Waals surface area contributed by atoms with Gasteiger partial charge < -0.3 is 20.2 Å². The molecular formula is C31H30N6O4S. The van der Waals surface area contributed by atoms with E-state index in [1.54, 1.807) is 63.1 Å². The van der Waals surface area contributed by atoms with Crippen molar-refractivity contribution in [2.24, 2.45) is 0 Å². The van der Waals surface area contributed by atoms with Crippen molar-refractivity contribution in [3.05, 3.63) is 95.0 Å². The van der Waals surface area contributed by atoms with Gasteiger partial charge in [-0.25, -0.2) is 19.8 Å². The van der Waals surface area contributed by atoms with Crippen molar-refractivity contribution in [2.75, 3.05) is 13.6 Å². The molecule has 2 aliphatic heterocycles. The number of nitrogens with one attached hydrogen (secondary N) is 1. The largest absolute Gasteiger partial charge is 0.508 e. The molecular weight excluding hydrogens is 552 g/mol. The summed E-state index contributed by atoms with van der Waals surface area (Å²) in [4.78, 5) is 49.7. The predicted octanol–water partition coefficient (Wildman–Crippen LogP) is 3.32. The molecule has 10 nitrogen and oxygen atoms in total. The Labute approximate surface area is 246 Å². The monoisotopic (exact) mass is 582 g/mol. The first kappa shape index (κ1) is 26.4. The van der Waals surface area contributed by atoms with Crippen LogP contribution in [0.4, 0.5) is 4.79 Å². The third-order valence-corrected chi connectivity index (χ3v) is 9.27. The minimum absolute atomic E-state index is 0.0192. The van der Waals surface area contributed by atoms with Crippen LogP contribution in [0.15, 0.2) is 78.3 Å². The van der Waals surface area contributed by atoms with Crippen LogP contribution in [-0.4, -0.2) is 79.1 Å². The van der Waals surface area contributed by atoms with E-state index in [2.05, 4.69) is 16.4 Å². The van der Waals surface area contributed by atoms with E-state index >= 15 is 0 Å². The Hall–Kier alpha value is -4.48. The summed E-state index contributed by atoms with van der Waals surface area (Å²) in [6, 6.07) is 20.9. The topological polar surface area (TPSA) is 109 Å². The molecule has 3 aliphatic rings. The van der Waals surface area contributed by atoms with Crippen LogP contribution in [0.3, 0.4) is 0 Å². The van der Waals surface area contributed by atoms with Crippen LogP contribution in [0, 0.1) is 0 Å². The number of nitrogens with zero attached hydrogens (tertiary/aromatic N) is 5. The maximum atomic E-state index is 14.3. The number of carbonyl (C=O) groups excluding carboxylic acids is 3. The molecule has 3 fully saturated rings. The SMILES string of the molecule is CN1CC(=O)N2[C@@H](Cc3ccc(O)cc3)C(=O)N(Cc3ccc4ncsc4c3)C3C[C@@]32N1C(=O)NCc1ccccc1. The van der Waals surface area contributed by atoms with Gasteiger partial charge in [0.05, 0.1) is 28.3 Å². The Morgan fingerprint density at radius 1 is 1.05 bits per heavy atom. The van der Waals surface area contributed by atoms with Crippen LogP contribution in [0.5, 0.6) is 5.75 Å². The summed E-state index contributed by atoms with van der Waals surface area (Å²) in [5, 5.41) is 16.2. The van der Waals surface area contributed by atoms with Crippen molar-refractivity contribution in [1.29, 1.82) is 0 Å². The van der Waals surface area contributed by atoms with E-state index in [4.69, 9.17) is 0 Å². The van der Waals surface area contributed by atoms with Gasteiger partial charge in [0.15, 0.2) is 5.66 Å². The fraction of sp³-hybridized carbons (Fsp3) is 0.290. The lowest BCUT2D eigenvalue weighted by Crippen LogP contribution is -2.77. The number of rotatable bonds is 6. The van der Waals surface area contributed by atoms with E-state index in [9.17, 15) is 19.5 Å². The number of fused-ring (bicyclic) bond motifs is 1. The molecule has 2 N–H and O–H groups in total. The number of urea groups is 1. The molecule has 4 aromatic rings. The lowest BCUT2D eigenvalue weighted by atomic mass is 9.98. The van der Waals surface area contributed by atoms with Gasteiger partial charge in [0.25, 0.3) is 0 Å². The number of hydrazine groups is 1. The highest BCUT2D eigenvalue weighted by atomic mass is 32.1. The van der Waals surface area contributed by atoms with Crippen molar-refractivity contribution in [3.63, 3.8) is 0 Å². The minimum atomic E-state index is -0.991. The van der Waals surface area contributed by atoms with Gasteiger partial charge in [-0.15, -0.1) is 11.3 Å². The Balaban J connectivity index is 1.25. The van der Waals surface area contributed by atoms with Crippen molar-refractivity contribution in [2.45, 2.75) is 43.7 Å². The summed E-state index contributed by atoms with van der Waals surface area (Å²) in [5.41, 5.74) is 4.47. The smallest absolute Gasteiger partial charge is 0.334 e. The van der Waals surface area contributed by atoms with Gasteiger partial charge in [-0.2, -0.15) is 0 Å². The van der Waals surface area contributed by atoms with E-state index < -0.39 is 11.7 Å². The van der Waals surface area contributed by atoms with Crippen LogP contribution < -0.4 is 5.32 Å². The number of thiazole rings is 1. The van der Waals surface area contributed by atoms with E-state index in [-0.39, 0.29) is 42.6 Å². The molecule has 2 saturated heterocycles. The second-order valence-corrected chi connectivity index (χ2v) is 12.0. The van der Waals surface area contributed by atoms with Gasteiger partial charge in [-0.1, -0.05) is 48.5 Å². The first-order valence-electron chi connectivity index (χ1n) is 13.9. The number of carbonyl (C=O) groups is 3. The molecule has 0 radical (unpaired) electrons. The molecule has 1 aromatic heterocycles. The fourth-order valence-corrected chi connectivity index (χ4v) is 7.26. The Kier molecular flexibility index (Phi) is 6.36. The van der Waals surface area contributed by atoms with Crippen molar-refractivity contribution in [3.8, 4) is 5.75 Å². The number of amides is 4. The number of aromatic hydroxyl groups is 1. The maximum Gasteiger partial charge on any atom is 0.334 e. The molecule has 1 unspecified atom stereocenters. The molecule has 1 saturated carbocycles. The number of piperazine rings is 1. The first-order chi connectivity index (χ1) is 20.3. The van der Waals surface area contributed by atoms with Gasteiger partial charge >= 0.3 is 6.03 Å². The maximum absolute atomic E-state index is 14.3. The molecule has 1 aliphatic carbocycles. The highest BCUT2D eigenvalue weighted by molar-refractivity contribution is 7.16. The fourth-order valence-electron chi connectivity index (χ4n) is 6.52. The third-order valence-electron chi connectivity index (χ3n) is 8.47.